The fourth-order valence-electron chi connectivity index (χ4n) is 3.06. The Morgan fingerprint density at radius 3 is 2.48 bits per heavy atom. The van der Waals surface area contributed by atoms with Crippen LogP contribution in [0.5, 0.6) is 0 Å². The van der Waals surface area contributed by atoms with Crippen LogP contribution in [0.4, 0.5) is 0 Å². The molecule has 1 fully saturated rings. The minimum atomic E-state index is -3.07. The molecule has 0 unspecified atom stereocenters. The molecule has 1 aliphatic rings. The van der Waals surface area contributed by atoms with Gasteiger partial charge in [0.05, 0.1) is 12.3 Å². The van der Waals surface area contributed by atoms with Crippen LogP contribution < -0.4 is 11.1 Å². The molecule has 7 heteroatoms. The van der Waals surface area contributed by atoms with E-state index in [4.69, 9.17) is 5.73 Å². The minimum Gasteiger partial charge on any atom is -0.352 e. The van der Waals surface area contributed by atoms with E-state index in [1.54, 1.807) is 0 Å². The quantitative estimate of drug-likeness (QED) is 0.718. The van der Waals surface area contributed by atoms with E-state index in [0.717, 1.165) is 19.3 Å². The number of carbonyl (C=O) groups is 1. The van der Waals surface area contributed by atoms with Crippen molar-refractivity contribution in [2.45, 2.75) is 51.2 Å². The number of nitrogens with zero attached hydrogens (tertiary/aromatic N) is 1. The van der Waals surface area contributed by atoms with Crippen molar-refractivity contribution in [2.75, 3.05) is 25.6 Å². The number of hydrogen-bond donors (Lipinski definition) is 2. The molecule has 0 radical (unpaired) electrons. The molecule has 1 saturated carbocycles. The Balaban J connectivity index is 2.80. The number of nitrogens with one attached hydrogen (secondary N) is 1. The lowest BCUT2D eigenvalue weighted by Gasteiger charge is -2.41. The molecule has 0 heterocycles. The van der Waals surface area contributed by atoms with Gasteiger partial charge in [-0.1, -0.05) is 0 Å². The highest BCUT2D eigenvalue weighted by atomic mass is 32.2. The summed E-state index contributed by atoms with van der Waals surface area (Å²) >= 11 is 0. The summed E-state index contributed by atoms with van der Waals surface area (Å²) < 4.78 is 23.3. The zero-order chi connectivity index (χ0) is 16.2. The average molecular weight is 319 g/mol. The number of amides is 1. The smallest absolute Gasteiger partial charge is 0.233 e. The van der Waals surface area contributed by atoms with E-state index in [1.165, 1.54) is 6.26 Å². The second-order valence-corrected chi connectivity index (χ2v) is 8.64. The topological polar surface area (TPSA) is 92.5 Å². The van der Waals surface area contributed by atoms with E-state index >= 15 is 0 Å². The number of carbonyl (C=O) groups excluding carboxylic acids is 1. The summed E-state index contributed by atoms with van der Waals surface area (Å²) in [5.74, 6) is -0.144. The summed E-state index contributed by atoms with van der Waals surface area (Å²) in [5.41, 5.74) is 5.34. The fourth-order valence-corrected chi connectivity index (χ4v) is 4.21. The van der Waals surface area contributed by atoms with Gasteiger partial charge in [-0.25, -0.2) is 8.42 Å². The first-order valence-electron chi connectivity index (χ1n) is 7.53. The molecule has 3 atom stereocenters. The van der Waals surface area contributed by atoms with Gasteiger partial charge in [-0.05, 0) is 46.1 Å². The summed E-state index contributed by atoms with van der Waals surface area (Å²) in [5, 5.41) is 2.88. The van der Waals surface area contributed by atoms with E-state index in [9.17, 15) is 13.2 Å². The molecule has 124 valence electrons. The third-order valence-corrected chi connectivity index (χ3v) is 5.43. The van der Waals surface area contributed by atoms with E-state index in [-0.39, 0.29) is 30.2 Å². The lowest BCUT2D eigenvalue weighted by molar-refractivity contribution is -0.121. The minimum absolute atomic E-state index is 0.0459. The van der Waals surface area contributed by atoms with Crippen molar-refractivity contribution in [3.63, 3.8) is 0 Å². The highest BCUT2D eigenvalue weighted by molar-refractivity contribution is 7.90. The Labute approximate surface area is 128 Å². The first-order chi connectivity index (χ1) is 9.64. The Morgan fingerprint density at radius 2 is 2.00 bits per heavy atom. The molecule has 6 nitrogen and oxygen atoms in total. The van der Waals surface area contributed by atoms with Crippen LogP contribution in [0.1, 0.15) is 33.1 Å². The van der Waals surface area contributed by atoms with E-state index < -0.39 is 9.84 Å². The van der Waals surface area contributed by atoms with Crippen molar-refractivity contribution in [1.29, 1.82) is 0 Å². The van der Waals surface area contributed by atoms with Gasteiger partial charge in [0.2, 0.25) is 5.91 Å². The monoisotopic (exact) mass is 319 g/mol. The molecular formula is C14H29N3O3S. The molecule has 1 aliphatic carbocycles. The average Bonchev–Trinajstić information content (AvgIpc) is 2.37. The SMILES string of the molecule is CC(C)N(C)[C@@H]1CC[C@H](NC(=O)CN)[C@@H](CS(C)(=O)=O)C1. The first kappa shape index (κ1) is 18.4. The molecule has 0 spiro atoms. The summed E-state index contributed by atoms with van der Waals surface area (Å²) in [7, 11) is -0.995. The molecule has 0 aromatic rings. The number of nitrogens with two attached hydrogens (primary N) is 1. The van der Waals surface area contributed by atoms with Crippen LogP contribution in [-0.4, -0.2) is 63.0 Å². The Bertz CT molecular complexity index is 450. The van der Waals surface area contributed by atoms with Gasteiger partial charge in [0, 0.05) is 24.4 Å². The summed E-state index contributed by atoms with van der Waals surface area (Å²) in [6, 6.07) is 0.694. The largest absolute Gasteiger partial charge is 0.352 e. The number of rotatable bonds is 6. The second-order valence-electron chi connectivity index (χ2n) is 6.46. The Morgan fingerprint density at radius 1 is 1.38 bits per heavy atom. The van der Waals surface area contributed by atoms with Crippen LogP contribution in [0.15, 0.2) is 0 Å². The van der Waals surface area contributed by atoms with Crippen molar-refractivity contribution >= 4 is 15.7 Å². The molecule has 0 aliphatic heterocycles. The van der Waals surface area contributed by atoms with Crippen LogP contribution in [0, 0.1) is 5.92 Å². The molecule has 0 aromatic heterocycles. The van der Waals surface area contributed by atoms with Crippen molar-refractivity contribution in [2.24, 2.45) is 11.7 Å². The number of sulfone groups is 1. The van der Waals surface area contributed by atoms with Crippen LogP contribution in [0.3, 0.4) is 0 Å². The molecule has 0 aromatic carbocycles. The summed E-state index contributed by atoms with van der Waals surface area (Å²) in [6.07, 6.45) is 3.81. The van der Waals surface area contributed by atoms with Crippen molar-refractivity contribution in [3.8, 4) is 0 Å². The third kappa shape index (κ3) is 5.92. The lowest BCUT2D eigenvalue weighted by atomic mass is 9.81. The third-order valence-electron chi connectivity index (χ3n) is 4.39. The zero-order valence-electron chi connectivity index (χ0n) is 13.5. The van der Waals surface area contributed by atoms with Gasteiger partial charge in [-0.2, -0.15) is 0 Å². The Hall–Kier alpha value is -0.660. The van der Waals surface area contributed by atoms with Crippen LogP contribution in [0.25, 0.3) is 0 Å². The van der Waals surface area contributed by atoms with Gasteiger partial charge < -0.3 is 16.0 Å². The maximum Gasteiger partial charge on any atom is 0.233 e. The maximum atomic E-state index is 11.7. The van der Waals surface area contributed by atoms with Gasteiger partial charge in [0.1, 0.15) is 9.84 Å². The predicted molar refractivity (Wildman–Crippen MR) is 84.7 cm³/mol. The molecule has 0 bridgehead atoms. The standard InChI is InChI=1S/C14H29N3O3S/c1-10(2)17(3)12-5-6-13(16-14(18)8-15)11(7-12)9-21(4,19)20/h10-13H,5-9,15H2,1-4H3,(H,16,18)/t11-,12-,13+/m1/s1. The van der Waals surface area contributed by atoms with Crippen LogP contribution in [-0.2, 0) is 14.6 Å². The predicted octanol–water partition coefficient (Wildman–Crippen LogP) is -0.0166. The highest BCUT2D eigenvalue weighted by Crippen LogP contribution is 2.29. The molecule has 0 saturated heterocycles. The Kier molecular flexibility index (Phi) is 6.62. The highest BCUT2D eigenvalue weighted by Gasteiger charge is 2.35. The first-order valence-corrected chi connectivity index (χ1v) is 9.59. The summed E-state index contributed by atoms with van der Waals surface area (Å²) in [6.45, 7) is 4.21. The second kappa shape index (κ2) is 7.56. The number of hydrogen-bond acceptors (Lipinski definition) is 5. The molecule has 1 amide bonds. The van der Waals surface area contributed by atoms with E-state index in [0.29, 0.717) is 12.1 Å². The lowest BCUT2D eigenvalue weighted by Crippen LogP contribution is -2.51. The van der Waals surface area contributed by atoms with Gasteiger partial charge in [0.25, 0.3) is 0 Å². The zero-order valence-corrected chi connectivity index (χ0v) is 14.3. The van der Waals surface area contributed by atoms with Gasteiger partial charge in [0.15, 0.2) is 0 Å². The van der Waals surface area contributed by atoms with Crippen LogP contribution in [0.2, 0.25) is 0 Å². The maximum absolute atomic E-state index is 11.7. The molecular weight excluding hydrogens is 290 g/mol. The van der Waals surface area contributed by atoms with E-state index in [1.807, 2.05) is 0 Å². The molecule has 1 rings (SSSR count). The van der Waals surface area contributed by atoms with Crippen molar-refractivity contribution in [3.05, 3.63) is 0 Å². The van der Waals surface area contributed by atoms with Crippen LogP contribution >= 0.6 is 0 Å². The van der Waals surface area contributed by atoms with Gasteiger partial charge in [-0.15, -0.1) is 0 Å². The molecule has 3 N–H and O–H groups in total. The molecule has 21 heavy (non-hydrogen) atoms. The van der Waals surface area contributed by atoms with Gasteiger partial charge in [-0.3, -0.25) is 4.79 Å². The normalized spacial score (nSPS) is 27.1. The van der Waals surface area contributed by atoms with Crippen molar-refractivity contribution < 1.29 is 13.2 Å². The van der Waals surface area contributed by atoms with E-state index in [2.05, 4.69) is 31.1 Å². The fraction of sp³-hybridized carbons (Fsp3) is 0.929. The van der Waals surface area contributed by atoms with Gasteiger partial charge >= 0.3 is 0 Å². The summed E-state index contributed by atoms with van der Waals surface area (Å²) in [4.78, 5) is 13.8. The van der Waals surface area contributed by atoms with Crippen molar-refractivity contribution in [1.82, 2.24) is 10.2 Å².